The molecule has 0 fully saturated rings. The Morgan fingerprint density at radius 1 is 0.267 bits per heavy atom. The average Bonchev–Trinajstić information content (AvgIpc) is 3.64. The molecule has 12 rings (SSSR count). The topological polar surface area (TPSA) is 0 Å². The second-order valence-corrected chi connectivity index (χ2v) is 18.5. The zero-order valence-electron chi connectivity index (χ0n) is 35.2. The first-order chi connectivity index (χ1) is 29.1. The first-order valence-corrected chi connectivity index (χ1v) is 21.5. The molecule has 0 saturated heterocycles. The van der Waals surface area contributed by atoms with E-state index < -0.39 is 0 Å². The molecule has 2 aliphatic rings. The fourth-order valence-corrected chi connectivity index (χ4v) is 11.4. The first-order valence-electron chi connectivity index (χ1n) is 21.5. The third-order valence-corrected chi connectivity index (χ3v) is 14.6. The van der Waals surface area contributed by atoms with E-state index in [1.54, 1.807) is 0 Å². The number of hydrogen-bond donors (Lipinski definition) is 0. The van der Waals surface area contributed by atoms with Gasteiger partial charge >= 0.3 is 0 Å². The Kier molecular flexibility index (Phi) is 7.27. The molecule has 0 nitrogen and oxygen atoms in total. The molecule has 0 atom stereocenters. The van der Waals surface area contributed by atoms with Crippen LogP contribution < -0.4 is 0 Å². The molecule has 286 valence electrons. The van der Waals surface area contributed by atoms with E-state index in [1.165, 1.54) is 132 Å². The van der Waals surface area contributed by atoms with Crippen LogP contribution in [0.1, 0.15) is 61.1 Å². The van der Waals surface area contributed by atoms with Gasteiger partial charge in [0, 0.05) is 10.8 Å². The lowest BCUT2D eigenvalue weighted by Gasteiger charge is -2.23. The van der Waals surface area contributed by atoms with Crippen LogP contribution in [0.25, 0.3) is 99.1 Å². The van der Waals surface area contributed by atoms with Crippen LogP contribution in [-0.4, -0.2) is 0 Å². The minimum absolute atomic E-state index is 0.0445. The van der Waals surface area contributed by atoms with Crippen LogP contribution in [0.5, 0.6) is 0 Å². The molecular weight excluding hydrogens is 721 g/mol. The van der Waals surface area contributed by atoms with E-state index in [2.05, 4.69) is 211 Å². The van der Waals surface area contributed by atoms with Gasteiger partial charge in [0.15, 0.2) is 0 Å². The van der Waals surface area contributed by atoms with Crippen LogP contribution in [0.15, 0.2) is 170 Å². The van der Waals surface area contributed by atoms with Crippen LogP contribution in [-0.2, 0) is 10.8 Å². The van der Waals surface area contributed by atoms with E-state index in [9.17, 15) is 0 Å². The summed E-state index contributed by atoms with van der Waals surface area (Å²) in [4.78, 5) is 0. The van der Waals surface area contributed by atoms with Gasteiger partial charge in [-0.25, -0.2) is 0 Å². The number of rotatable bonds is 4. The van der Waals surface area contributed by atoms with Gasteiger partial charge in [0.05, 0.1) is 0 Å². The Labute approximate surface area is 353 Å². The summed E-state index contributed by atoms with van der Waals surface area (Å²) in [7, 11) is 0. The smallest absolute Gasteiger partial charge is 0.0158 e. The van der Waals surface area contributed by atoms with Crippen molar-refractivity contribution in [2.75, 3.05) is 0 Å². The Hall–Kier alpha value is -6.76. The lowest BCUT2D eigenvalue weighted by molar-refractivity contribution is 0.660. The summed E-state index contributed by atoms with van der Waals surface area (Å²) < 4.78 is 0. The van der Waals surface area contributed by atoms with Crippen LogP contribution >= 0.6 is 0 Å². The molecule has 0 radical (unpaired) electrons. The standard InChI is InChI=1S/C60H46/c1-35-15-7-9-17-39(35)49-33-47(37-23-29-55-51(31-37)41-19-11-13-21-53(41)59(55,3)4)43-26-28-46-50(40-18-10-8-16-36(40)2)34-48(44-25-27-45(49)57(43)58(44)46)38-24-30-56-52(32-38)42-20-12-14-22-54(42)60(56,5)6/h7-34H,1-6H3. The van der Waals surface area contributed by atoms with Gasteiger partial charge in [-0.2, -0.15) is 0 Å². The molecule has 0 saturated carbocycles. The monoisotopic (exact) mass is 766 g/mol. The highest BCUT2D eigenvalue weighted by molar-refractivity contribution is 6.32. The van der Waals surface area contributed by atoms with Gasteiger partial charge in [-0.15, -0.1) is 0 Å². The first kappa shape index (κ1) is 35.2. The molecule has 10 aromatic rings. The van der Waals surface area contributed by atoms with Crippen molar-refractivity contribution in [3.8, 4) is 66.8 Å². The lowest BCUT2D eigenvalue weighted by Crippen LogP contribution is -2.14. The Morgan fingerprint density at radius 2 is 0.600 bits per heavy atom. The largest absolute Gasteiger partial charge is 0.0620 e. The maximum absolute atomic E-state index is 2.49. The number of aryl methyl sites for hydroxylation is 2. The van der Waals surface area contributed by atoms with Crippen molar-refractivity contribution in [3.05, 3.63) is 203 Å². The molecule has 0 aromatic heterocycles. The quantitative estimate of drug-likeness (QED) is 0.157. The Bertz CT molecular complexity index is 3210. The molecule has 0 aliphatic heterocycles. The molecule has 0 heterocycles. The summed E-state index contributed by atoms with van der Waals surface area (Å²) in [6.07, 6.45) is 0. The summed E-state index contributed by atoms with van der Waals surface area (Å²) in [6, 6.07) is 65.0. The van der Waals surface area contributed by atoms with E-state index in [0.717, 1.165) is 0 Å². The lowest BCUT2D eigenvalue weighted by atomic mass is 9.80. The molecule has 0 amide bonds. The molecule has 0 spiro atoms. The second-order valence-electron chi connectivity index (χ2n) is 18.5. The normalized spacial score (nSPS) is 14.4. The van der Waals surface area contributed by atoms with E-state index >= 15 is 0 Å². The van der Waals surface area contributed by atoms with Gasteiger partial charge in [0.1, 0.15) is 0 Å². The summed E-state index contributed by atoms with van der Waals surface area (Å²) in [6.45, 7) is 14.0. The maximum Gasteiger partial charge on any atom is 0.0158 e. The second kappa shape index (κ2) is 12.4. The SMILES string of the molecule is Cc1ccccc1-c1cc(-c2ccc3c(c2)-c2ccccc2C3(C)C)c2ccc3c(-c4ccccc4C)cc(-c4ccc5c(c4)-c4ccccc4C5(C)C)c4ccc1c2c43. The fraction of sp³-hybridized carbons (Fsp3) is 0.133. The van der Waals surface area contributed by atoms with Gasteiger partial charge < -0.3 is 0 Å². The summed E-state index contributed by atoms with van der Waals surface area (Å²) in [5.41, 5.74) is 23.7. The van der Waals surface area contributed by atoms with Crippen molar-refractivity contribution in [2.24, 2.45) is 0 Å². The van der Waals surface area contributed by atoms with Gasteiger partial charge in [0.25, 0.3) is 0 Å². The van der Waals surface area contributed by atoms with Crippen molar-refractivity contribution in [1.82, 2.24) is 0 Å². The molecule has 0 N–H and O–H groups in total. The van der Waals surface area contributed by atoms with Crippen molar-refractivity contribution >= 4 is 32.3 Å². The molecule has 0 bridgehead atoms. The average molecular weight is 767 g/mol. The summed E-state index contributed by atoms with van der Waals surface area (Å²) in [5.74, 6) is 0. The third kappa shape index (κ3) is 4.74. The maximum atomic E-state index is 2.49. The minimum atomic E-state index is -0.0445. The number of hydrogen-bond acceptors (Lipinski definition) is 0. The molecule has 2 aliphatic carbocycles. The number of fused-ring (bicyclic) bond motifs is 6. The molecular formula is C60H46. The summed E-state index contributed by atoms with van der Waals surface area (Å²) in [5, 5.41) is 7.86. The van der Waals surface area contributed by atoms with Crippen molar-refractivity contribution < 1.29 is 0 Å². The predicted molar refractivity (Wildman–Crippen MR) is 256 cm³/mol. The molecule has 10 aromatic carbocycles. The minimum Gasteiger partial charge on any atom is -0.0620 e. The van der Waals surface area contributed by atoms with Gasteiger partial charge in [0.2, 0.25) is 0 Å². The van der Waals surface area contributed by atoms with Crippen molar-refractivity contribution in [2.45, 2.75) is 52.4 Å². The summed E-state index contributed by atoms with van der Waals surface area (Å²) >= 11 is 0. The van der Waals surface area contributed by atoms with Gasteiger partial charge in [-0.3, -0.25) is 0 Å². The fourth-order valence-electron chi connectivity index (χ4n) is 11.4. The van der Waals surface area contributed by atoms with E-state index in [0.29, 0.717) is 0 Å². The van der Waals surface area contributed by atoms with Crippen LogP contribution in [0.3, 0.4) is 0 Å². The van der Waals surface area contributed by atoms with Gasteiger partial charge in [-0.1, -0.05) is 173 Å². The van der Waals surface area contributed by atoms with Crippen LogP contribution in [0.4, 0.5) is 0 Å². The highest BCUT2D eigenvalue weighted by Crippen LogP contribution is 2.54. The van der Waals surface area contributed by atoms with E-state index in [4.69, 9.17) is 0 Å². The zero-order chi connectivity index (χ0) is 40.7. The predicted octanol–water partition coefficient (Wildman–Crippen LogP) is 16.5. The highest BCUT2D eigenvalue weighted by atomic mass is 14.4. The van der Waals surface area contributed by atoms with Gasteiger partial charge in [-0.05, 0) is 171 Å². The molecule has 0 heteroatoms. The molecule has 60 heavy (non-hydrogen) atoms. The Balaban J connectivity index is 1.20. The van der Waals surface area contributed by atoms with Crippen molar-refractivity contribution in [1.29, 1.82) is 0 Å². The highest BCUT2D eigenvalue weighted by Gasteiger charge is 2.37. The van der Waals surface area contributed by atoms with Crippen molar-refractivity contribution in [3.63, 3.8) is 0 Å². The molecule has 0 unspecified atom stereocenters. The number of benzene rings is 10. The zero-order valence-corrected chi connectivity index (χ0v) is 35.2. The van der Waals surface area contributed by atoms with E-state index in [-0.39, 0.29) is 10.8 Å². The van der Waals surface area contributed by atoms with Crippen LogP contribution in [0.2, 0.25) is 0 Å². The third-order valence-electron chi connectivity index (χ3n) is 14.6. The van der Waals surface area contributed by atoms with E-state index in [1.807, 2.05) is 0 Å². The Morgan fingerprint density at radius 3 is 1.00 bits per heavy atom. The van der Waals surface area contributed by atoms with Crippen LogP contribution in [0, 0.1) is 13.8 Å².